The molecule has 0 radical (unpaired) electrons. The normalized spacial score (nSPS) is 15.4. The number of halogens is 1. The standard InChI is InChI=1S/C15H16FN3O2/c16-14-3-1-12(2-4-14)10-18-11-13(9-17)15(20)19-5-7-21-8-6-19/h1-4,11,18H,5-8,10H2/b13-11-. The molecule has 0 atom stereocenters. The van der Waals surface area contributed by atoms with Gasteiger partial charge in [0.2, 0.25) is 0 Å². The molecule has 2 rings (SSSR count). The summed E-state index contributed by atoms with van der Waals surface area (Å²) >= 11 is 0. The van der Waals surface area contributed by atoms with E-state index in [0.717, 1.165) is 5.56 Å². The van der Waals surface area contributed by atoms with Gasteiger partial charge in [0.1, 0.15) is 17.5 Å². The summed E-state index contributed by atoms with van der Waals surface area (Å²) in [5, 5.41) is 12.0. The van der Waals surface area contributed by atoms with Crippen LogP contribution in [0.1, 0.15) is 5.56 Å². The van der Waals surface area contributed by atoms with Crippen molar-refractivity contribution in [1.29, 1.82) is 5.26 Å². The first-order valence-electron chi connectivity index (χ1n) is 6.66. The van der Waals surface area contributed by atoms with Crippen LogP contribution in [0.15, 0.2) is 36.0 Å². The van der Waals surface area contributed by atoms with Crippen molar-refractivity contribution in [2.24, 2.45) is 0 Å². The summed E-state index contributed by atoms with van der Waals surface area (Å²) in [7, 11) is 0. The highest BCUT2D eigenvalue weighted by molar-refractivity contribution is 5.97. The van der Waals surface area contributed by atoms with Gasteiger partial charge in [-0.25, -0.2) is 4.39 Å². The van der Waals surface area contributed by atoms with E-state index in [1.807, 2.05) is 6.07 Å². The van der Waals surface area contributed by atoms with Gasteiger partial charge in [0.15, 0.2) is 0 Å². The topological polar surface area (TPSA) is 65.4 Å². The number of amides is 1. The third-order valence-electron chi connectivity index (χ3n) is 3.11. The fourth-order valence-corrected chi connectivity index (χ4v) is 1.95. The second-order valence-corrected chi connectivity index (χ2v) is 4.58. The molecule has 1 heterocycles. The van der Waals surface area contributed by atoms with Crippen LogP contribution >= 0.6 is 0 Å². The quantitative estimate of drug-likeness (QED) is 0.668. The SMILES string of the molecule is N#C/C(=C/NCc1ccc(F)cc1)C(=O)N1CCOCC1. The van der Waals surface area contributed by atoms with Gasteiger partial charge in [0, 0.05) is 25.8 Å². The van der Waals surface area contributed by atoms with Crippen molar-refractivity contribution < 1.29 is 13.9 Å². The predicted octanol–water partition coefficient (Wildman–Crippen LogP) is 1.18. The number of hydrogen-bond donors (Lipinski definition) is 1. The molecule has 5 nitrogen and oxygen atoms in total. The summed E-state index contributed by atoms with van der Waals surface area (Å²) < 4.78 is 17.9. The first kappa shape index (κ1) is 15.0. The number of benzene rings is 1. The summed E-state index contributed by atoms with van der Waals surface area (Å²) in [6, 6.07) is 7.92. The second-order valence-electron chi connectivity index (χ2n) is 4.58. The van der Waals surface area contributed by atoms with Crippen molar-refractivity contribution in [3.8, 4) is 6.07 Å². The third kappa shape index (κ3) is 4.29. The van der Waals surface area contributed by atoms with E-state index in [1.165, 1.54) is 18.3 Å². The van der Waals surface area contributed by atoms with Crippen molar-refractivity contribution in [2.75, 3.05) is 26.3 Å². The molecule has 6 heteroatoms. The van der Waals surface area contributed by atoms with E-state index in [2.05, 4.69) is 5.32 Å². The smallest absolute Gasteiger partial charge is 0.266 e. The molecule has 0 bridgehead atoms. The highest BCUT2D eigenvalue weighted by Gasteiger charge is 2.20. The molecule has 0 unspecified atom stereocenters. The van der Waals surface area contributed by atoms with Crippen molar-refractivity contribution in [3.63, 3.8) is 0 Å². The molecule has 1 fully saturated rings. The third-order valence-corrected chi connectivity index (χ3v) is 3.11. The van der Waals surface area contributed by atoms with Crippen LogP contribution in [0.3, 0.4) is 0 Å². The first-order chi connectivity index (χ1) is 10.2. The fraction of sp³-hybridized carbons (Fsp3) is 0.333. The Hall–Kier alpha value is -2.39. The summed E-state index contributed by atoms with van der Waals surface area (Å²) in [5.74, 6) is -0.595. The van der Waals surface area contributed by atoms with Gasteiger partial charge in [0.05, 0.1) is 13.2 Å². The van der Waals surface area contributed by atoms with Crippen LogP contribution in [0.4, 0.5) is 4.39 Å². The van der Waals surface area contributed by atoms with Gasteiger partial charge in [-0.05, 0) is 17.7 Å². The number of carbonyl (C=O) groups excluding carboxylic acids is 1. The zero-order valence-corrected chi connectivity index (χ0v) is 11.5. The molecule has 1 aromatic rings. The molecule has 0 aromatic heterocycles. The summed E-state index contributed by atoms with van der Waals surface area (Å²) in [4.78, 5) is 13.7. The maximum absolute atomic E-state index is 12.8. The van der Waals surface area contributed by atoms with E-state index < -0.39 is 0 Å². The molecule has 1 aliphatic heterocycles. The highest BCUT2D eigenvalue weighted by atomic mass is 19.1. The number of morpholine rings is 1. The van der Waals surface area contributed by atoms with Gasteiger partial charge in [-0.3, -0.25) is 4.79 Å². The number of hydrogen-bond acceptors (Lipinski definition) is 4. The van der Waals surface area contributed by atoms with Crippen molar-refractivity contribution in [1.82, 2.24) is 10.2 Å². The van der Waals surface area contributed by atoms with Crippen molar-refractivity contribution >= 4 is 5.91 Å². The molecule has 1 saturated heterocycles. The van der Waals surface area contributed by atoms with E-state index in [-0.39, 0.29) is 17.3 Å². The van der Waals surface area contributed by atoms with Gasteiger partial charge in [-0.1, -0.05) is 12.1 Å². The van der Waals surface area contributed by atoms with Crippen LogP contribution in [0.2, 0.25) is 0 Å². The zero-order valence-electron chi connectivity index (χ0n) is 11.5. The lowest BCUT2D eigenvalue weighted by Crippen LogP contribution is -2.41. The van der Waals surface area contributed by atoms with Crippen LogP contribution in [0, 0.1) is 17.1 Å². The average molecular weight is 289 g/mol. The van der Waals surface area contributed by atoms with Gasteiger partial charge in [-0.15, -0.1) is 0 Å². The van der Waals surface area contributed by atoms with Crippen LogP contribution in [0.5, 0.6) is 0 Å². The molecule has 1 amide bonds. The Bertz CT molecular complexity index is 557. The Kier molecular flexibility index (Phi) is 5.29. The minimum Gasteiger partial charge on any atom is -0.386 e. The first-order valence-corrected chi connectivity index (χ1v) is 6.66. The molecule has 0 saturated carbocycles. The Morgan fingerprint density at radius 1 is 1.38 bits per heavy atom. The Morgan fingerprint density at radius 2 is 2.05 bits per heavy atom. The number of carbonyl (C=O) groups is 1. The number of ether oxygens (including phenoxy) is 1. The number of nitrogens with one attached hydrogen (secondary N) is 1. The number of nitriles is 1. The number of rotatable bonds is 4. The molecule has 21 heavy (non-hydrogen) atoms. The monoisotopic (exact) mass is 289 g/mol. The van der Waals surface area contributed by atoms with Crippen LogP contribution < -0.4 is 5.32 Å². The fourth-order valence-electron chi connectivity index (χ4n) is 1.95. The minimum atomic E-state index is -0.299. The Morgan fingerprint density at radius 3 is 2.67 bits per heavy atom. The van der Waals surface area contributed by atoms with Crippen LogP contribution in [-0.2, 0) is 16.1 Å². The lowest BCUT2D eigenvalue weighted by molar-refractivity contribution is -0.130. The molecule has 1 aliphatic rings. The molecule has 1 aromatic carbocycles. The lowest BCUT2D eigenvalue weighted by atomic mass is 10.2. The largest absolute Gasteiger partial charge is 0.386 e. The predicted molar refractivity (Wildman–Crippen MR) is 74.3 cm³/mol. The van der Waals surface area contributed by atoms with Crippen LogP contribution in [-0.4, -0.2) is 37.1 Å². The van der Waals surface area contributed by atoms with Gasteiger partial charge in [0.25, 0.3) is 5.91 Å². The second kappa shape index (κ2) is 7.41. The van der Waals surface area contributed by atoms with Crippen molar-refractivity contribution in [2.45, 2.75) is 6.54 Å². The maximum atomic E-state index is 12.8. The summed E-state index contributed by atoms with van der Waals surface area (Å²) in [5.41, 5.74) is 0.919. The van der Waals surface area contributed by atoms with Gasteiger partial charge in [-0.2, -0.15) is 5.26 Å². The van der Waals surface area contributed by atoms with E-state index in [9.17, 15) is 9.18 Å². The summed E-state index contributed by atoms with van der Waals surface area (Å²) in [6.07, 6.45) is 1.40. The molecule has 1 N–H and O–H groups in total. The molecular formula is C15H16FN3O2. The number of nitrogens with zero attached hydrogens (tertiary/aromatic N) is 2. The van der Waals surface area contributed by atoms with Crippen LogP contribution in [0.25, 0.3) is 0 Å². The van der Waals surface area contributed by atoms with E-state index in [1.54, 1.807) is 17.0 Å². The lowest BCUT2D eigenvalue weighted by Gasteiger charge is -2.26. The van der Waals surface area contributed by atoms with Gasteiger partial charge < -0.3 is 15.0 Å². The van der Waals surface area contributed by atoms with Crippen molar-refractivity contribution in [3.05, 3.63) is 47.4 Å². The molecule has 0 spiro atoms. The molecule has 0 aliphatic carbocycles. The van der Waals surface area contributed by atoms with E-state index in [4.69, 9.17) is 10.00 Å². The van der Waals surface area contributed by atoms with E-state index >= 15 is 0 Å². The summed E-state index contributed by atoms with van der Waals surface area (Å²) in [6.45, 7) is 2.40. The Labute approximate surface area is 122 Å². The van der Waals surface area contributed by atoms with Gasteiger partial charge >= 0.3 is 0 Å². The van der Waals surface area contributed by atoms with E-state index in [0.29, 0.717) is 32.8 Å². The minimum absolute atomic E-state index is 0.0546. The molecule has 110 valence electrons. The average Bonchev–Trinajstić information content (AvgIpc) is 2.53. The highest BCUT2D eigenvalue weighted by Crippen LogP contribution is 2.05. The zero-order chi connectivity index (χ0) is 15.1. The molecular weight excluding hydrogens is 273 g/mol. The maximum Gasteiger partial charge on any atom is 0.266 e. The Balaban J connectivity index is 1.92.